The summed E-state index contributed by atoms with van der Waals surface area (Å²) in [5.74, 6) is 0. The molecule has 1 atom stereocenters. The van der Waals surface area contributed by atoms with Crippen molar-refractivity contribution in [3.63, 3.8) is 0 Å². The summed E-state index contributed by atoms with van der Waals surface area (Å²) in [6.07, 6.45) is 0. The quantitative estimate of drug-likeness (QED) is 0.186. The smallest absolute Gasteiger partial charge is 0.143 e. The fourth-order valence-corrected chi connectivity index (χ4v) is 9.50. The van der Waals surface area contributed by atoms with Gasteiger partial charge >= 0.3 is 0 Å². The lowest BCUT2D eigenvalue weighted by atomic mass is 9.69. The topological polar surface area (TPSA) is 26.3 Å². The van der Waals surface area contributed by atoms with Crippen LogP contribution in [0, 0.1) is 0 Å². The third kappa shape index (κ3) is 3.37. The molecule has 12 rings (SSSR count). The highest BCUT2D eigenvalue weighted by Crippen LogP contribution is 2.66. The van der Waals surface area contributed by atoms with Crippen LogP contribution in [-0.2, 0) is 5.41 Å². The molecule has 1 unspecified atom stereocenters. The third-order valence-electron chi connectivity index (χ3n) is 11.5. The molecule has 1 spiro atoms. The molecule has 8 aromatic carbocycles. The summed E-state index contributed by atoms with van der Waals surface area (Å²) < 4.78 is 13.4. The van der Waals surface area contributed by atoms with E-state index < -0.39 is 5.41 Å². The minimum atomic E-state index is -0.579. The van der Waals surface area contributed by atoms with E-state index in [-0.39, 0.29) is 0 Å². The molecule has 0 saturated carbocycles. The molecule has 0 fully saturated rings. The second kappa shape index (κ2) is 9.74. The van der Waals surface area contributed by atoms with Crippen LogP contribution in [-0.4, -0.2) is 0 Å². The number of benzene rings is 8. The highest BCUT2D eigenvalue weighted by atomic mass is 16.3. The maximum Gasteiger partial charge on any atom is 0.143 e. The molecular formula is C49H28O2. The van der Waals surface area contributed by atoms with E-state index >= 15 is 0 Å². The van der Waals surface area contributed by atoms with E-state index in [0.717, 1.165) is 44.2 Å². The third-order valence-corrected chi connectivity index (χ3v) is 11.5. The van der Waals surface area contributed by atoms with Gasteiger partial charge in [-0.25, -0.2) is 0 Å². The Morgan fingerprint density at radius 2 is 0.961 bits per heavy atom. The zero-order valence-corrected chi connectivity index (χ0v) is 27.5. The summed E-state index contributed by atoms with van der Waals surface area (Å²) in [7, 11) is 0. The lowest BCUT2D eigenvalue weighted by Gasteiger charge is -2.31. The first-order valence-electron chi connectivity index (χ1n) is 17.6. The molecule has 2 heterocycles. The first-order valence-corrected chi connectivity index (χ1v) is 17.6. The molecule has 0 amide bonds. The molecule has 2 heteroatoms. The van der Waals surface area contributed by atoms with Crippen LogP contribution in [0.15, 0.2) is 179 Å². The van der Waals surface area contributed by atoms with Crippen molar-refractivity contribution in [2.24, 2.45) is 0 Å². The van der Waals surface area contributed by atoms with Crippen molar-refractivity contribution in [3.8, 4) is 44.5 Å². The summed E-state index contributed by atoms with van der Waals surface area (Å²) in [4.78, 5) is 0. The summed E-state index contributed by atoms with van der Waals surface area (Å²) in [5.41, 5.74) is 17.9. The standard InChI is InChI=1S/C49H28O2/c1-3-13-29(14-4-1)31-23-24-33-39(27-31)49(37-20-10-7-17-32(37)44-38(49)25-26-43-46(44)34-18-8-11-21-41(34)50-43)40-28-36(30-15-5-2-6-16-30)48-47(45(33)40)35-19-9-12-22-42(35)51-48/h1-28H. The highest BCUT2D eigenvalue weighted by molar-refractivity contribution is 6.21. The van der Waals surface area contributed by atoms with E-state index in [2.05, 4.69) is 170 Å². The van der Waals surface area contributed by atoms with Crippen molar-refractivity contribution in [2.45, 2.75) is 5.41 Å². The first-order chi connectivity index (χ1) is 25.3. The van der Waals surface area contributed by atoms with E-state index in [0.29, 0.717) is 0 Å². The van der Waals surface area contributed by atoms with Crippen LogP contribution in [0.1, 0.15) is 22.3 Å². The van der Waals surface area contributed by atoms with Gasteiger partial charge < -0.3 is 8.83 Å². The highest BCUT2D eigenvalue weighted by Gasteiger charge is 2.53. The van der Waals surface area contributed by atoms with E-state index in [1.165, 1.54) is 66.4 Å². The molecule has 10 aromatic rings. The largest absolute Gasteiger partial charge is 0.456 e. The number of hydrogen-bond acceptors (Lipinski definition) is 2. The van der Waals surface area contributed by atoms with Crippen LogP contribution in [0.4, 0.5) is 0 Å². The second-order valence-electron chi connectivity index (χ2n) is 13.9. The van der Waals surface area contributed by atoms with Crippen LogP contribution < -0.4 is 0 Å². The second-order valence-corrected chi connectivity index (χ2v) is 13.9. The van der Waals surface area contributed by atoms with E-state index in [1.54, 1.807) is 0 Å². The Bertz CT molecular complexity index is 3070. The first kappa shape index (κ1) is 27.2. The summed E-state index contributed by atoms with van der Waals surface area (Å²) in [6, 6.07) is 61.6. The molecule has 236 valence electrons. The van der Waals surface area contributed by atoms with Gasteiger partial charge in [0.1, 0.15) is 22.3 Å². The molecule has 0 bridgehead atoms. The number of furan rings is 2. The molecule has 2 aromatic heterocycles. The van der Waals surface area contributed by atoms with Gasteiger partial charge in [-0.3, -0.25) is 0 Å². The molecule has 0 aliphatic heterocycles. The maximum absolute atomic E-state index is 6.84. The zero-order valence-electron chi connectivity index (χ0n) is 27.5. The number of hydrogen-bond donors (Lipinski definition) is 0. The Labute approximate surface area is 293 Å². The van der Waals surface area contributed by atoms with Crippen molar-refractivity contribution in [1.82, 2.24) is 0 Å². The average Bonchev–Trinajstić information content (AvgIpc) is 3.93. The Balaban J connectivity index is 1.32. The van der Waals surface area contributed by atoms with E-state index in [4.69, 9.17) is 8.83 Å². The summed E-state index contributed by atoms with van der Waals surface area (Å²) in [6.45, 7) is 0. The van der Waals surface area contributed by atoms with Gasteiger partial charge in [0, 0.05) is 27.1 Å². The lowest BCUT2D eigenvalue weighted by Crippen LogP contribution is -2.26. The predicted molar refractivity (Wildman–Crippen MR) is 208 cm³/mol. The van der Waals surface area contributed by atoms with Crippen molar-refractivity contribution in [3.05, 3.63) is 192 Å². The van der Waals surface area contributed by atoms with Gasteiger partial charge in [-0.2, -0.15) is 0 Å². The molecule has 2 nitrogen and oxygen atoms in total. The number of fused-ring (bicyclic) bond motifs is 18. The number of rotatable bonds is 2. The van der Waals surface area contributed by atoms with Gasteiger partial charge in [-0.15, -0.1) is 0 Å². The molecular weight excluding hydrogens is 621 g/mol. The SMILES string of the molecule is c1ccc(-c2ccc3c(c2)C2(c4ccccc4-c4c2ccc2oc5ccccc5c42)c2cc(-c4ccccc4)c4oc5ccccc5c4c2-3)cc1. The van der Waals surface area contributed by atoms with Gasteiger partial charge in [-0.1, -0.05) is 140 Å². The maximum atomic E-state index is 6.84. The van der Waals surface area contributed by atoms with Gasteiger partial charge in [0.25, 0.3) is 0 Å². The summed E-state index contributed by atoms with van der Waals surface area (Å²) in [5, 5.41) is 4.64. The molecule has 0 saturated heterocycles. The monoisotopic (exact) mass is 648 g/mol. The van der Waals surface area contributed by atoms with Crippen LogP contribution in [0.3, 0.4) is 0 Å². The zero-order chi connectivity index (χ0) is 33.3. The Hall–Kier alpha value is -6.64. The van der Waals surface area contributed by atoms with Crippen LogP contribution in [0.5, 0.6) is 0 Å². The fourth-order valence-electron chi connectivity index (χ4n) is 9.50. The van der Waals surface area contributed by atoms with Crippen LogP contribution in [0.25, 0.3) is 88.4 Å². The van der Waals surface area contributed by atoms with Crippen LogP contribution in [0.2, 0.25) is 0 Å². The minimum absolute atomic E-state index is 0.579. The van der Waals surface area contributed by atoms with Crippen molar-refractivity contribution in [2.75, 3.05) is 0 Å². The van der Waals surface area contributed by atoms with Crippen molar-refractivity contribution in [1.29, 1.82) is 0 Å². The van der Waals surface area contributed by atoms with E-state index in [9.17, 15) is 0 Å². The Kier molecular flexibility index (Phi) is 5.20. The Morgan fingerprint density at radius 1 is 0.333 bits per heavy atom. The molecule has 0 radical (unpaired) electrons. The molecule has 0 N–H and O–H groups in total. The molecule has 51 heavy (non-hydrogen) atoms. The lowest BCUT2D eigenvalue weighted by molar-refractivity contribution is 0.668. The Morgan fingerprint density at radius 3 is 1.76 bits per heavy atom. The normalized spacial score (nSPS) is 15.5. The fraction of sp³-hybridized carbons (Fsp3) is 0.0204. The average molecular weight is 649 g/mol. The summed E-state index contributed by atoms with van der Waals surface area (Å²) >= 11 is 0. The van der Waals surface area contributed by atoms with Crippen LogP contribution >= 0.6 is 0 Å². The van der Waals surface area contributed by atoms with Gasteiger partial charge in [0.05, 0.1) is 5.41 Å². The van der Waals surface area contributed by atoms with Crippen molar-refractivity contribution >= 4 is 43.9 Å². The number of para-hydroxylation sites is 2. The minimum Gasteiger partial charge on any atom is -0.456 e. The van der Waals surface area contributed by atoms with Gasteiger partial charge in [0.15, 0.2) is 0 Å². The molecule has 2 aliphatic rings. The predicted octanol–water partition coefficient (Wildman–Crippen LogP) is 13.2. The van der Waals surface area contributed by atoms with E-state index in [1.807, 2.05) is 0 Å². The van der Waals surface area contributed by atoms with Gasteiger partial charge in [-0.05, 0) is 91.5 Å². The van der Waals surface area contributed by atoms with Gasteiger partial charge in [0.2, 0.25) is 0 Å². The molecule has 2 aliphatic carbocycles. The van der Waals surface area contributed by atoms with Crippen molar-refractivity contribution < 1.29 is 8.83 Å².